The van der Waals surface area contributed by atoms with E-state index in [1.165, 1.54) is 6.07 Å². The fourth-order valence-corrected chi connectivity index (χ4v) is 2.67. The summed E-state index contributed by atoms with van der Waals surface area (Å²) in [5.41, 5.74) is -0.190. The molecule has 2 nitrogen and oxygen atoms in total. The first kappa shape index (κ1) is 15.4. The van der Waals surface area contributed by atoms with Gasteiger partial charge in [0.1, 0.15) is 0 Å². The van der Waals surface area contributed by atoms with Gasteiger partial charge >= 0.3 is 6.18 Å². The molecule has 0 amide bonds. The van der Waals surface area contributed by atoms with Gasteiger partial charge in [-0.3, -0.25) is 0 Å². The van der Waals surface area contributed by atoms with E-state index >= 15 is 0 Å². The van der Waals surface area contributed by atoms with Crippen LogP contribution in [0, 0.1) is 0 Å². The molecule has 20 heavy (non-hydrogen) atoms. The number of halogens is 4. The first-order chi connectivity index (χ1) is 9.32. The summed E-state index contributed by atoms with van der Waals surface area (Å²) in [7, 11) is 0. The van der Waals surface area contributed by atoms with Crippen molar-refractivity contribution >= 4 is 17.3 Å². The minimum absolute atomic E-state index is 0.110. The van der Waals surface area contributed by atoms with Gasteiger partial charge in [-0.05, 0) is 31.5 Å². The number of benzene rings is 1. The number of alkyl halides is 3. The summed E-state index contributed by atoms with van der Waals surface area (Å²) in [6.45, 7) is 5.44. The van der Waals surface area contributed by atoms with E-state index in [4.69, 9.17) is 11.6 Å². The van der Waals surface area contributed by atoms with Crippen molar-refractivity contribution < 1.29 is 13.2 Å². The highest BCUT2D eigenvalue weighted by Crippen LogP contribution is 2.36. The van der Waals surface area contributed by atoms with Crippen molar-refractivity contribution in [3.05, 3.63) is 28.8 Å². The van der Waals surface area contributed by atoms with Crippen LogP contribution in [0.3, 0.4) is 0 Å². The van der Waals surface area contributed by atoms with Gasteiger partial charge in [-0.15, -0.1) is 0 Å². The van der Waals surface area contributed by atoms with Crippen molar-refractivity contribution in [3.8, 4) is 0 Å². The molecule has 6 heteroatoms. The maximum Gasteiger partial charge on any atom is 0.416 e. The third-order valence-electron chi connectivity index (χ3n) is 3.73. The highest BCUT2D eigenvalue weighted by atomic mass is 35.5. The lowest BCUT2D eigenvalue weighted by atomic mass is 10.1. The fourth-order valence-electron chi connectivity index (χ4n) is 2.45. The molecule has 1 aliphatic heterocycles. The Labute approximate surface area is 121 Å². The van der Waals surface area contributed by atoms with Crippen molar-refractivity contribution in [1.82, 2.24) is 5.32 Å². The third-order valence-corrected chi connectivity index (χ3v) is 4.05. The minimum atomic E-state index is -4.35. The molecule has 0 radical (unpaired) electrons. The summed E-state index contributed by atoms with van der Waals surface area (Å²) < 4.78 is 38.5. The van der Waals surface area contributed by atoms with Gasteiger partial charge in [-0.25, -0.2) is 0 Å². The molecule has 1 N–H and O–H groups in total. The first-order valence-electron chi connectivity index (χ1n) is 6.69. The molecule has 1 saturated heterocycles. The molecule has 2 unspecified atom stereocenters. The van der Waals surface area contributed by atoms with Crippen molar-refractivity contribution in [3.63, 3.8) is 0 Å². The van der Waals surface area contributed by atoms with Crippen LogP contribution in [0.2, 0.25) is 5.02 Å². The molecule has 0 bridgehead atoms. The Morgan fingerprint density at radius 2 is 2.10 bits per heavy atom. The topological polar surface area (TPSA) is 15.3 Å². The lowest BCUT2D eigenvalue weighted by Crippen LogP contribution is -2.55. The van der Waals surface area contributed by atoms with Crippen molar-refractivity contribution in [2.75, 3.05) is 18.0 Å². The Morgan fingerprint density at radius 3 is 2.70 bits per heavy atom. The highest BCUT2D eigenvalue weighted by molar-refractivity contribution is 6.33. The molecule has 1 heterocycles. The fraction of sp³-hybridized carbons (Fsp3) is 0.571. The first-order valence-corrected chi connectivity index (χ1v) is 7.07. The smallest absolute Gasteiger partial charge is 0.365 e. The Hall–Kier alpha value is -0.940. The number of rotatable bonds is 2. The van der Waals surface area contributed by atoms with Crippen LogP contribution in [-0.4, -0.2) is 25.2 Å². The predicted octanol–water partition coefficient (Wildman–Crippen LogP) is 3.94. The molecule has 0 spiro atoms. The molecule has 1 aliphatic rings. The summed E-state index contributed by atoms with van der Waals surface area (Å²) in [4.78, 5) is 1.96. The summed E-state index contributed by atoms with van der Waals surface area (Å²) in [5, 5.41) is 3.74. The van der Waals surface area contributed by atoms with Gasteiger partial charge in [0, 0.05) is 25.2 Å². The van der Waals surface area contributed by atoms with E-state index in [0.717, 1.165) is 25.1 Å². The van der Waals surface area contributed by atoms with E-state index in [9.17, 15) is 13.2 Å². The molecule has 0 aliphatic carbocycles. The second kappa shape index (κ2) is 5.82. The lowest BCUT2D eigenvalue weighted by molar-refractivity contribution is -0.137. The van der Waals surface area contributed by atoms with Gasteiger partial charge in [-0.2, -0.15) is 13.2 Å². The van der Waals surface area contributed by atoms with Crippen LogP contribution in [0.15, 0.2) is 18.2 Å². The van der Waals surface area contributed by atoms with Crippen LogP contribution in [0.1, 0.15) is 25.8 Å². The molecule has 2 atom stereocenters. The number of hydrogen-bond acceptors (Lipinski definition) is 2. The van der Waals surface area contributed by atoms with Gasteiger partial charge in [0.05, 0.1) is 16.3 Å². The zero-order chi connectivity index (χ0) is 14.9. The predicted molar refractivity (Wildman–Crippen MR) is 75.3 cm³/mol. The van der Waals surface area contributed by atoms with Gasteiger partial charge < -0.3 is 10.2 Å². The zero-order valence-electron chi connectivity index (χ0n) is 11.5. The largest absolute Gasteiger partial charge is 0.416 e. The number of nitrogens with zero attached hydrogens (tertiary/aromatic N) is 1. The molecule has 112 valence electrons. The van der Waals surface area contributed by atoms with Crippen molar-refractivity contribution in [2.24, 2.45) is 0 Å². The second-order valence-electron chi connectivity index (χ2n) is 5.18. The normalized spacial score (nSPS) is 24.0. The van der Waals surface area contributed by atoms with Gasteiger partial charge in [0.25, 0.3) is 0 Å². The number of piperazine rings is 1. The quantitative estimate of drug-likeness (QED) is 0.890. The number of hydrogen-bond donors (Lipinski definition) is 1. The molecule has 1 fully saturated rings. The Morgan fingerprint density at radius 1 is 1.40 bits per heavy atom. The lowest BCUT2D eigenvalue weighted by Gasteiger charge is -2.40. The molecule has 0 aromatic heterocycles. The van der Waals surface area contributed by atoms with Gasteiger partial charge in [0.15, 0.2) is 0 Å². The van der Waals surface area contributed by atoms with Crippen molar-refractivity contribution in [2.45, 2.75) is 38.5 Å². The maximum absolute atomic E-state index is 12.8. The monoisotopic (exact) mass is 306 g/mol. The van der Waals surface area contributed by atoms with Crippen molar-refractivity contribution in [1.29, 1.82) is 0 Å². The maximum atomic E-state index is 12.8. The Bertz CT molecular complexity index is 476. The Balaban J connectivity index is 2.35. The van der Waals surface area contributed by atoms with E-state index in [1.807, 2.05) is 11.8 Å². The molecule has 1 aromatic rings. The standard InChI is InChI=1S/C14H18ClF3N2/c1-3-11-8-20(9(2)7-19-11)13-6-10(14(16,17)18)4-5-12(13)15/h4-6,9,11,19H,3,7-8H2,1-2H3. The van der Waals surface area contributed by atoms with Crippen LogP contribution >= 0.6 is 11.6 Å². The summed E-state index contributed by atoms with van der Waals surface area (Å²) >= 11 is 6.11. The molecular weight excluding hydrogens is 289 g/mol. The summed E-state index contributed by atoms with van der Waals surface area (Å²) in [6.07, 6.45) is -3.42. The van der Waals surface area contributed by atoms with Gasteiger partial charge in [0.2, 0.25) is 0 Å². The highest BCUT2D eigenvalue weighted by Gasteiger charge is 2.33. The van der Waals surface area contributed by atoms with Crippen LogP contribution in [0.5, 0.6) is 0 Å². The molecular formula is C14H18ClF3N2. The van der Waals surface area contributed by atoms with E-state index in [-0.39, 0.29) is 12.1 Å². The SMILES string of the molecule is CCC1CN(c2cc(C(F)(F)F)ccc2Cl)C(C)CN1. The summed E-state index contributed by atoms with van der Waals surface area (Å²) in [6, 6.07) is 3.89. The summed E-state index contributed by atoms with van der Waals surface area (Å²) in [5.74, 6) is 0. The van der Waals surface area contributed by atoms with E-state index in [2.05, 4.69) is 12.2 Å². The minimum Gasteiger partial charge on any atom is -0.365 e. The van der Waals surface area contributed by atoms with E-state index in [1.54, 1.807) is 0 Å². The molecule has 1 aromatic carbocycles. The average molecular weight is 307 g/mol. The van der Waals surface area contributed by atoms with Crippen LogP contribution in [-0.2, 0) is 6.18 Å². The molecule has 2 rings (SSSR count). The van der Waals surface area contributed by atoms with Crippen LogP contribution in [0.4, 0.5) is 18.9 Å². The number of nitrogens with one attached hydrogen (secondary N) is 1. The van der Waals surface area contributed by atoms with E-state index in [0.29, 0.717) is 17.3 Å². The molecule has 0 saturated carbocycles. The zero-order valence-corrected chi connectivity index (χ0v) is 12.2. The van der Waals surface area contributed by atoms with Crippen LogP contribution < -0.4 is 10.2 Å². The van der Waals surface area contributed by atoms with Crippen LogP contribution in [0.25, 0.3) is 0 Å². The second-order valence-corrected chi connectivity index (χ2v) is 5.59. The van der Waals surface area contributed by atoms with E-state index < -0.39 is 11.7 Å². The third kappa shape index (κ3) is 3.20. The number of anilines is 1. The van der Waals surface area contributed by atoms with Gasteiger partial charge in [-0.1, -0.05) is 18.5 Å². The average Bonchev–Trinajstić information content (AvgIpc) is 2.39. The Kier molecular flexibility index (Phi) is 4.49.